The summed E-state index contributed by atoms with van der Waals surface area (Å²) in [7, 11) is 0. The molecule has 0 saturated heterocycles. The molecule has 0 fully saturated rings. The van der Waals surface area contributed by atoms with Crippen molar-refractivity contribution in [3.8, 4) is 11.8 Å². The molecule has 0 rings (SSSR count). The van der Waals surface area contributed by atoms with Crippen molar-refractivity contribution in [3.05, 3.63) is 6.92 Å². The Hall–Kier alpha value is -0.440. The molecule has 0 aromatic carbocycles. The Morgan fingerprint density at radius 3 is 2.43 bits per heavy atom. The third-order valence-corrected chi connectivity index (χ3v) is 0.627. The Balaban J connectivity index is 3.08. The van der Waals surface area contributed by atoms with E-state index in [-0.39, 0.29) is 0 Å². The zero-order chi connectivity index (χ0) is 5.70. The largest absolute Gasteiger partial charge is 0.107 e. The maximum atomic E-state index is 3.77. The molecule has 0 spiro atoms. The molecule has 0 bridgehead atoms. The molecule has 0 saturated carbocycles. The van der Waals surface area contributed by atoms with Crippen LogP contribution in [-0.4, -0.2) is 0 Å². The third kappa shape index (κ3) is 5.56. The molecule has 0 heterocycles. The molecule has 0 aromatic heterocycles. The smallest absolute Gasteiger partial charge is 0.0114 e. The fourth-order valence-corrected chi connectivity index (χ4v) is 0.276. The number of rotatable bonds is 1. The Bertz CT molecular complexity index is 79.9. The topological polar surface area (TPSA) is 0 Å². The van der Waals surface area contributed by atoms with Gasteiger partial charge in [-0.05, 0) is 19.8 Å². The molecule has 0 aliphatic carbocycles. The van der Waals surface area contributed by atoms with Crippen LogP contribution in [0.15, 0.2) is 0 Å². The normalized spacial score (nSPS) is 8.00. The summed E-state index contributed by atoms with van der Waals surface area (Å²) in [5.74, 6) is 6.22. The van der Waals surface area contributed by atoms with Crippen LogP contribution in [0.5, 0.6) is 0 Å². The van der Waals surface area contributed by atoms with Gasteiger partial charge >= 0.3 is 0 Å². The third-order valence-electron chi connectivity index (χ3n) is 0.627. The first-order chi connectivity index (χ1) is 3.27. The van der Waals surface area contributed by atoms with Gasteiger partial charge in [0.05, 0.1) is 0 Å². The van der Waals surface area contributed by atoms with E-state index in [4.69, 9.17) is 0 Å². The maximum Gasteiger partial charge on any atom is 0.0114 e. The average molecular weight is 95.2 g/mol. The van der Waals surface area contributed by atoms with E-state index < -0.39 is 0 Å². The summed E-state index contributed by atoms with van der Waals surface area (Å²) in [6.07, 6.45) is 0.927. The maximum absolute atomic E-state index is 3.77. The van der Waals surface area contributed by atoms with Gasteiger partial charge in [-0.3, -0.25) is 0 Å². The van der Waals surface area contributed by atoms with Crippen molar-refractivity contribution in [2.45, 2.75) is 20.3 Å². The molecule has 1 unspecified atom stereocenters. The van der Waals surface area contributed by atoms with Crippen LogP contribution < -0.4 is 0 Å². The van der Waals surface area contributed by atoms with Crippen LogP contribution in [0.2, 0.25) is 0 Å². The van der Waals surface area contributed by atoms with Gasteiger partial charge in [0.15, 0.2) is 0 Å². The summed E-state index contributed by atoms with van der Waals surface area (Å²) < 4.78 is 0. The summed E-state index contributed by atoms with van der Waals surface area (Å²) >= 11 is 0. The molecule has 0 aromatic rings. The van der Waals surface area contributed by atoms with E-state index in [0.717, 1.165) is 6.42 Å². The van der Waals surface area contributed by atoms with Gasteiger partial charge in [-0.15, -0.1) is 11.8 Å². The Labute approximate surface area is 45.9 Å². The SMILES string of the molecule is [CH2]C(C)CC#CC. The van der Waals surface area contributed by atoms with E-state index in [1.165, 1.54) is 0 Å². The van der Waals surface area contributed by atoms with Crippen molar-refractivity contribution in [2.24, 2.45) is 5.92 Å². The van der Waals surface area contributed by atoms with Gasteiger partial charge < -0.3 is 0 Å². The van der Waals surface area contributed by atoms with Crippen molar-refractivity contribution >= 4 is 0 Å². The summed E-state index contributed by atoms with van der Waals surface area (Å²) in [5, 5.41) is 0. The number of hydrogen-bond acceptors (Lipinski definition) is 0. The van der Waals surface area contributed by atoms with Crippen LogP contribution in [-0.2, 0) is 0 Å². The highest BCUT2D eigenvalue weighted by molar-refractivity contribution is 4.96. The first kappa shape index (κ1) is 6.56. The molecule has 0 N–H and O–H groups in total. The molecule has 0 heteroatoms. The molecular weight excluding hydrogens is 84.1 g/mol. The lowest BCUT2D eigenvalue weighted by Crippen LogP contribution is -1.81. The summed E-state index contributed by atoms with van der Waals surface area (Å²) in [6.45, 7) is 7.68. The standard InChI is InChI=1S/C7H11/c1-4-5-6-7(2)3/h7H,2,6H2,1,3H3. The molecular formula is C7H11. The Morgan fingerprint density at radius 2 is 2.29 bits per heavy atom. The van der Waals surface area contributed by atoms with E-state index in [1.54, 1.807) is 0 Å². The van der Waals surface area contributed by atoms with Crippen LogP contribution in [0.4, 0.5) is 0 Å². The van der Waals surface area contributed by atoms with Gasteiger partial charge in [0.25, 0.3) is 0 Å². The fraction of sp³-hybridized carbons (Fsp3) is 0.571. The molecule has 1 radical (unpaired) electrons. The highest BCUT2D eigenvalue weighted by Crippen LogP contribution is 1.94. The van der Waals surface area contributed by atoms with E-state index in [1.807, 2.05) is 6.92 Å². The minimum absolute atomic E-state index is 0.479. The average Bonchev–Trinajstić information content (AvgIpc) is 1.61. The first-order valence-electron chi connectivity index (χ1n) is 2.50. The molecule has 1 atom stereocenters. The molecule has 0 aliphatic heterocycles. The highest BCUT2D eigenvalue weighted by atomic mass is 13.9. The van der Waals surface area contributed by atoms with Gasteiger partial charge in [0.1, 0.15) is 0 Å². The van der Waals surface area contributed by atoms with Gasteiger partial charge in [0, 0.05) is 6.42 Å². The molecule has 7 heavy (non-hydrogen) atoms. The van der Waals surface area contributed by atoms with Crippen molar-refractivity contribution in [1.29, 1.82) is 0 Å². The zero-order valence-electron chi connectivity index (χ0n) is 4.99. The van der Waals surface area contributed by atoms with Crippen LogP contribution in [0, 0.1) is 24.7 Å². The Kier molecular flexibility index (Phi) is 3.50. The highest BCUT2D eigenvalue weighted by Gasteiger charge is 1.84. The summed E-state index contributed by atoms with van der Waals surface area (Å²) in [6, 6.07) is 0. The van der Waals surface area contributed by atoms with Gasteiger partial charge in [-0.25, -0.2) is 0 Å². The molecule has 0 aliphatic rings. The van der Waals surface area contributed by atoms with Gasteiger partial charge in [-0.2, -0.15) is 0 Å². The minimum Gasteiger partial charge on any atom is -0.107 e. The quantitative estimate of drug-likeness (QED) is 0.436. The predicted molar refractivity (Wildman–Crippen MR) is 32.6 cm³/mol. The predicted octanol–water partition coefficient (Wildman–Crippen LogP) is 1.87. The number of hydrogen-bond donors (Lipinski definition) is 0. The van der Waals surface area contributed by atoms with Crippen molar-refractivity contribution in [1.82, 2.24) is 0 Å². The van der Waals surface area contributed by atoms with Crippen molar-refractivity contribution in [3.63, 3.8) is 0 Å². The molecule has 0 nitrogen and oxygen atoms in total. The van der Waals surface area contributed by atoms with Crippen molar-refractivity contribution in [2.75, 3.05) is 0 Å². The fourth-order valence-electron chi connectivity index (χ4n) is 0.276. The van der Waals surface area contributed by atoms with Gasteiger partial charge in [0.2, 0.25) is 0 Å². The molecule has 0 amide bonds. The monoisotopic (exact) mass is 95.1 g/mol. The van der Waals surface area contributed by atoms with Crippen LogP contribution >= 0.6 is 0 Å². The second-order valence-electron chi connectivity index (χ2n) is 1.74. The van der Waals surface area contributed by atoms with E-state index in [0.29, 0.717) is 5.92 Å². The lowest BCUT2D eigenvalue weighted by atomic mass is 10.1. The van der Waals surface area contributed by atoms with Crippen molar-refractivity contribution < 1.29 is 0 Å². The van der Waals surface area contributed by atoms with Gasteiger partial charge in [-0.1, -0.05) is 6.92 Å². The lowest BCUT2D eigenvalue weighted by Gasteiger charge is -1.90. The van der Waals surface area contributed by atoms with E-state index in [9.17, 15) is 0 Å². The summed E-state index contributed by atoms with van der Waals surface area (Å²) in [4.78, 5) is 0. The second-order valence-corrected chi connectivity index (χ2v) is 1.74. The zero-order valence-corrected chi connectivity index (χ0v) is 4.99. The minimum atomic E-state index is 0.479. The van der Waals surface area contributed by atoms with Crippen LogP contribution in [0.3, 0.4) is 0 Å². The molecule has 39 valence electrons. The van der Waals surface area contributed by atoms with Crippen LogP contribution in [0.1, 0.15) is 20.3 Å². The Morgan fingerprint density at radius 1 is 1.71 bits per heavy atom. The van der Waals surface area contributed by atoms with Crippen LogP contribution in [0.25, 0.3) is 0 Å². The lowest BCUT2D eigenvalue weighted by molar-refractivity contribution is 0.755. The van der Waals surface area contributed by atoms with E-state index in [2.05, 4.69) is 25.7 Å². The van der Waals surface area contributed by atoms with E-state index >= 15 is 0 Å². The summed E-state index contributed by atoms with van der Waals surface area (Å²) in [5.41, 5.74) is 0. The first-order valence-corrected chi connectivity index (χ1v) is 2.50. The second kappa shape index (κ2) is 3.74.